The summed E-state index contributed by atoms with van der Waals surface area (Å²) < 4.78 is 5.45. The molecule has 1 aliphatic heterocycles. The number of carbonyl (C=O) groups excluding carboxylic acids is 2. The van der Waals surface area contributed by atoms with Crippen LogP contribution in [0.4, 0.5) is 11.4 Å². The van der Waals surface area contributed by atoms with Gasteiger partial charge in [-0.2, -0.15) is 0 Å². The quantitative estimate of drug-likeness (QED) is 0.907. The molecule has 2 aromatic rings. The number of ether oxygens (including phenoxy) is 1. The molecule has 3 rings (SSSR count). The molecule has 5 heteroatoms. The zero-order valence-electron chi connectivity index (χ0n) is 14.3. The number of aryl methyl sites for hydroxylation is 1. The number of amides is 2. The molecule has 1 fully saturated rings. The predicted molar refractivity (Wildman–Crippen MR) is 97.9 cm³/mol. The number of para-hydroxylation sites is 1. The van der Waals surface area contributed by atoms with E-state index in [0.717, 1.165) is 30.6 Å². The zero-order valence-corrected chi connectivity index (χ0v) is 14.3. The fourth-order valence-electron chi connectivity index (χ4n) is 2.90. The van der Waals surface area contributed by atoms with E-state index in [4.69, 9.17) is 4.74 Å². The van der Waals surface area contributed by atoms with Crippen LogP contribution < -0.4 is 15.0 Å². The van der Waals surface area contributed by atoms with Crippen molar-refractivity contribution >= 4 is 23.2 Å². The summed E-state index contributed by atoms with van der Waals surface area (Å²) in [7, 11) is 0. The number of anilines is 2. The second kappa shape index (κ2) is 7.83. The van der Waals surface area contributed by atoms with Crippen LogP contribution in [0.15, 0.2) is 48.5 Å². The van der Waals surface area contributed by atoms with Crippen LogP contribution in [0.3, 0.4) is 0 Å². The number of benzene rings is 2. The van der Waals surface area contributed by atoms with Crippen molar-refractivity contribution in [1.29, 1.82) is 0 Å². The Balaban J connectivity index is 1.65. The van der Waals surface area contributed by atoms with E-state index >= 15 is 0 Å². The maximum atomic E-state index is 12.2. The van der Waals surface area contributed by atoms with Crippen molar-refractivity contribution in [2.75, 3.05) is 23.4 Å². The Morgan fingerprint density at radius 3 is 2.72 bits per heavy atom. The highest BCUT2D eigenvalue weighted by Gasteiger charge is 2.21. The Bertz CT molecular complexity index is 759. The SMILES string of the molecule is Cc1ccc(NC(=O)COc2ccccc2)cc1N1CCCCC1=O. The second-order valence-corrected chi connectivity index (χ2v) is 6.15. The van der Waals surface area contributed by atoms with Crippen LogP contribution in [0.1, 0.15) is 24.8 Å². The number of carbonyl (C=O) groups is 2. The van der Waals surface area contributed by atoms with Crippen LogP contribution in [0, 0.1) is 6.92 Å². The Hall–Kier alpha value is -2.82. The zero-order chi connectivity index (χ0) is 17.6. The Morgan fingerprint density at radius 2 is 1.96 bits per heavy atom. The van der Waals surface area contributed by atoms with Gasteiger partial charge in [-0.15, -0.1) is 0 Å². The van der Waals surface area contributed by atoms with E-state index in [9.17, 15) is 9.59 Å². The van der Waals surface area contributed by atoms with Gasteiger partial charge < -0.3 is 15.0 Å². The van der Waals surface area contributed by atoms with Gasteiger partial charge >= 0.3 is 0 Å². The average Bonchev–Trinajstić information content (AvgIpc) is 2.63. The van der Waals surface area contributed by atoms with Crippen LogP contribution in [0.2, 0.25) is 0 Å². The van der Waals surface area contributed by atoms with Crippen molar-refractivity contribution in [3.63, 3.8) is 0 Å². The summed E-state index contributed by atoms with van der Waals surface area (Å²) in [6, 6.07) is 14.8. The van der Waals surface area contributed by atoms with Crippen LogP contribution >= 0.6 is 0 Å². The lowest BCUT2D eigenvalue weighted by Gasteiger charge is -2.28. The third-order valence-electron chi connectivity index (χ3n) is 4.22. The molecule has 0 unspecified atom stereocenters. The Kier molecular flexibility index (Phi) is 5.33. The molecule has 0 bridgehead atoms. The number of hydrogen-bond acceptors (Lipinski definition) is 3. The molecule has 2 amide bonds. The lowest BCUT2D eigenvalue weighted by molar-refractivity contribution is -0.119. The third-order valence-corrected chi connectivity index (χ3v) is 4.22. The van der Waals surface area contributed by atoms with E-state index in [2.05, 4.69) is 5.32 Å². The molecule has 0 spiro atoms. The lowest BCUT2D eigenvalue weighted by atomic mass is 10.1. The molecule has 0 saturated carbocycles. The van der Waals surface area contributed by atoms with Gasteiger partial charge in [0.1, 0.15) is 5.75 Å². The van der Waals surface area contributed by atoms with Gasteiger partial charge in [0.15, 0.2) is 6.61 Å². The number of nitrogens with zero attached hydrogens (tertiary/aromatic N) is 1. The molecule has 0 atom stereocenters. The van der Waals surface area contributed by atoms with E-state index in [1.165, 1.54) is 0 Å². The number of nitrogens with one attached hydrogen (secondary N) is 1. The standard InChI is InChI=1S/C20H22N2O3/c1-15-10-11-16(13-18(15)22-12-6-5-9-20(22)24)21-19(23)14-25-17-7-3-2-4-8-17/h2-4,7-8,10-11,13H,5-6,9,12,14H2,1H3,(H,21,23). The summed E-state index contributed by atoms with van der Waals surface area (Å²) in [5.74, 6) is 0.565. The van der Waals surface area contributed by atoms with Gasteiger partial charge in [-0.3, -0.25) is 9.59 Å². The van der Waals surface area contributed by atoms with E-state index in [0.29, 0.717) is 17.9 Å². The second-order valence-electron chi connectivity index (χ2n) is 6.15. The molecule has 0 aliphatic carbocycles. The van der Waals surface area contributed by atoms with Gasteiger partial charge in [0.2, 0.25) is 5.91 Å². The highest BCUT2D eigenvalue weighted by atomic mass is 16.5. The largest absolute Gasteiger partial charge is 0.484 e. The number of piperidine rings is 1. The minimum Gasteiger partial charge on any atom is -0.484 e. The monoisotopic (exact) mass is 338 g/mol. The normalized spacial score (nSPS) is 14.3. The highest BCUT2D eigenvalue weighted by Crippen LogP contribution is 2.27. The smallest absolute Gasteiger partial charge is 0.262 e. The summed E-state index contributed by atoms with van der Waals surface area (Å²) in [5.41, 5.74) is 2.56. The van der Waals surface area contributed by atoms with Crippen molar-refractivity contribution in [3.8, 4) is 5.75 Å². The lowest BCUT2D eigenvalue weighted by Crippen LogP contribution is -2.35. The molecule has 1 N–H and O–H groups in total. The van der Waals surface area contributed by atoms with Gasteiger partial charge in [0, 0.05) is 24.3 Å². The highest BCUT2D eigenvalue weighted by molar-refractivity contribution is 5.97. The topological polar surface area (TPSA) is 58.6 Å². The molecule has 1 heterocycles. The van der Waals surface area contributed by atoms with Crippen LogP contribution in [-0.2, 0) is 9.59 Å². The molecule has 5 nitrogen and oxygen atoms in total. The minimum atomic E-state index is -0.233. The van der Waals surface area contributed by atoms with E-state index < -0.39 is 0 Å². The summed E-state index contributed by atoms with van der Waals surface area (Å²) in [6.07, 6.45) is 2.54. The van der Waals surface area contributed by atoms with Crippen LogP contribution in [0.25, 0.3) is 0 Å². The van der Waals surface area contributed by atoms with Crippen LogP contribution in [-0.4, -0.2) is 25.0 Å². The molecule has 0 aromatic heterocycles. The first-order valence-electron chi connectivity index (χ1n) is 8.52. The first kappa shape index (κ1) is 17.0. The summed E-state index contributed by atoms with van der Waals surface area (Å²) in [6.45, 7) is 2.64. The molecule has 130 valence electrons. The van der Waals surface area contributed by atoms with Crippen molar-refractivity contribution in [3.05, 3.63) is 54.1 Å². The maximum Gasteiger partial charge on any atom is 0.262 e. The molecule has 0 radical (unpaired) electrons. The van der Waals surface area contributed by atoms with Gasteiger partial charge in [0.05, 0.1) is 0 Å². The van der Waals surface area contributed by atoms with Crippen molar-refractivity contribution < 1.29 is 14.3 Å². The number of hydrogen-bond donors (Lipinski definition) is 1. The van der Waals surface area contributed by atoms with Gasteiger partial charge in [-0.05, 0) is 49.6 Å². The molecular formula is C20H22N2O3. The van der Waals surface area contributed by atoms with Gasteiger partial charge in [-0.1, -0.05) is 24.3 Å². The molecule has 25 heavy (non-hydrogen) atoms. The summed E-state index contributed by atoms with van der Waals surface area (Å²) in [5, 5.41) is 2.83. The van der Waals surface area contributed by atoms with Crippen molar-refractivity contribution in [2.24, 2.45) is 0 Å². The number of rotatable bonds is 5. The van der Waals surface area contributed by atoms with Gasteiger partial charge in [0.25, 0.3) is 5.91 Å². The first-order chi connectivity index (χ1) is 12.1. The fourth-order valence-corrected chi connectivity index (χ4v) is 2.90. The summed E-state index contributed by atoms with van der Waals surface area (Å²) in [4.78, 5) is 26.1. The minimum absolute atomic E-state index is 0.0597. The summed E-state index contributed by atoms with van der Waals surface area (Å²) >= 11 is 0. The van der Waals surface area contributed by atoms with Crippen molar-refractivity contribution in [2.45, 2.75) is 26.2 Å². The molecular weight excluding hydrogens is 316 g/mol. The molecule has 1 aliphatic rings. The van der Waals surface area contributed by atoms with E-state index in [-0.39, 0.29) is 18.4 Å². The van der Waals surface area contributed by atoms with E-state index in [1.54, 1.807) is 12.1 Å². The third kappa shape index (κ3) is 4.38. The Labute approximate surface area is 147 Å². The fraction of sp³-hybridized carbons (Fsp3) is 0.300. The average molecular weight is 338 g/mol. The maximum absolute atomic E-state index is 12.2. The molecule has 1 saturated heterocycles. The Morgan fingerprint density at radius 1 is 1.16 bits per heavy atom. The molecule has 2 aromatic carbocycles. The van der Waals surface area contributed by atoms with Crippen LogP contribution in [0.5, 0.6) is 5.75 Å². The van der Waals surface area contributed by atoms with E-state index in [1.807, 2.05) is 48.2 Å². The first-order valence-corrected chi connectivity index (χ1v) is 8.52. The van der Waals surface area contributed by atoms with Crippen molar-refractivity contribution in [1.82, 2.24) is 0 Å². The van der Waals surface area contributed by atoms with Gasteiger partial charge in [-0.25, -0.2) is 0 Å². The predicted octanol–water partition coefficient (Wildman–Crippen LogP) is 3.53.